The molecule has 0 unspecified atom stereocenters. The quantitative estimate of drug-likeness (QED) is 0.809. The number of amides is 2. The molecule has 1 saturated heterocycles. The number of piperazine rings is 1. The summed E-state index contributed by atoms with van der Waals surface area (Å²) in [7, 11) is 3.03. The first-order valence-corrected chi connectivity index (χ1v) is 8.95. The van der Waals surface area contributed by atoms with Gasteiger partial charge in [-0.15, -0.1) is 0 Å². The van der Waals surface area contributed by atoms with Gasteiger partial charge in [0.1, 0.15) is 11.4 Å². The van der Waals surface area contributed by atoms with Gasteiger partial charge in [-0.25, -0.2) is 9.78 Å². The molecule has 1 aliphatic heterocycles. The Balaban J connectivity index is 1.66. The van der Waals surface area contributed by atoms with Gasteiger partial charge >= 0.3 is 5.97 Å². The van der Waals surface area contributed by atoms with E-state index in [1.165, 1.54) is 32.4 Å². The number of carboxylic acids is 1. The number of nitrogens with zero attached hydrogens (tertiary/aromatic N) is 3. The van der Waals surface area contributed by atoms with E-state index in [1.54, 1.807) is 28.0 Å². The van der Waals surface area contributed by atoms with E-state index in [0.717, 1.165) is 0 Å². The Morgan fingerprint density at radius 3 is 2.03 bits per heavy atom. The number of ether oxygens (including phenoxy) is 2. The van der Waals surface area contributed by atoms with Gasteiger partial charge in [0.05, 0.1) is 14.2 Å². The minimum absolute atomic E-state index is 0.0737. The Labute approximate surface area is 167 Å². The Hall–Kier alpha value is -3.62. The number of aromatic nitrogens is 1. The first kappa shape index (κ1) is 20.1. The Morgan fingerprint density at radius 1 is 0.862 bits per heavy atom. The SMILES string of the molecule is COc1ccc(C(=O)N2CCN(C(=O)c3cccc(C(=O)O)n3)CC2)cc1OC. The van der Waals surface area contributed by atoms with Crippen LogP contribution in [0.15, 0.2) is 36.4 Å². The van der Waals surface area contributed by atoms with Gasteiger partial charge in [-0.3, -0.25) is 9.59 Å². The van der Waals surface area contributed by atoms with Crippen LogP contribution < -0.4 is 9.47 Å². The van der Waals surface area contributed by atoms with Crippen molar-refractivity contribution in [3.8, 4) is 11.5 Å². The standard InChI is InChI=1S/C20H21N3O6/c1-28-16-7-6-13(12-17(16)29-2)18(24)22-8-10-23(11-9-22)19(25)14-4-3-5-15(21-14)20(26)27/h3-7,12H,8-11H2,1-2H3,(H,26,27). The molecule has 0 spiro atoms. The highest BCUT2D eigenvalue weighted by Gasteiger charge is 2.27. The number of hydrogen-bond acceptors (Lipinski definition) is 6. The fourth-order valence-electron chi connectivity index (χ4n) is 3.10. The number of benzene rings is 1. The second kappa shape index (κ2) is 8.59. The van der Waals surface area contributed by atoms with Crippen molar-refractivity contribution in [3.63, 3.8) is 0 Å². The normalized spacial score (nSPS) is 13.7. The van der Waals surface area contributed by atoms with Gasteiger partial charge in [-0.05, 0) is 30.3 Å². The lowest BCUT2D eigenvalue weighted by Gasteiger charge is -2.34. The zero-order chi connectivity index (χ0) is 21.0. The third kappa shape index (κ3) is 4.29. The second-order valence-electron chi connectivity index (χ2n) is 6.37. The fourth-order valence-corrected chi connectivity index (χ4v) is 3.10. The monoisotopic (exact) mass is 399 g/mol. The summed E-state index contributed by atoms with van der Waals surface area (Å²) >= 11 is 0. The molecule has 0 radical (unpaired) electrons. The molecule has 3 rings (SSSR count). The molecular weight excluding hydrogens is 378 g/mol. The summed E-state index contributed by atoms with van der Waals surface area (Å²) in [6.45, 7) is 1.38. The summed E-state index contributed by atoms with van der Waals surface area (Å²) in [5, 5.41) is 9.03. The topological polar surface area (TPSA) is 109 Å². The van der Waals surface area contributed by atoms with Crippen molar-refractivity contribution in [1.82, 2.24) is 14.8 Å². The van der Waals surface area contributed by atoms with Gasteiger partial charge in [0.25, 0.3) is 11.8 Å². The van der Waals surface area contributed by atoms with E-state index in [1.807, 2.05) is 0 Å². The third-order valence-corrected chi connectivity index (χ3v) is 4.67. The molecular formula is C20H21N3O6. The van der Waals surface area contributed by atoms with Crippen LogP contribution in [0, 0.1) is 0 Å². The van der Waals surface area contributed by atoms with Gasteiger partial charge in [0.15, 0.2) is 11.5 Å². The van der Waals surface area contributed by atoms with Crippen LogP contribution in [0.3, 0.4) is 0 Å². The Kier molecular flexibility index (Phi) is 5.96. The van der Waals surface area contributed by atoms with E-state index < -0.39 is 5.97 Å². The first-order chi connectivity index (χ1) is 13.9. The minimum Gasteiger partial charge on any atom is -0.493 e. The number of rotatable bonds is 5. The summed E-state index contributed by atoms with van der Waals surface area (Å²) in [4.78, 5) is 43.5. The molecule has 0 bridgehead atoms. The number of aromatic carboxylic acids is 1. The molecule has 2 heterocycles. The molecule has 0 aliphatic carbocycles. The molecule has 1 aromatic heterocycles. The highest BCUT2D eigenvalue weighted by Crippen LogP contribution is 2.28. The van der Waals surface area contributed by atoms with Crippen molar-refractivity contribution in [1.29, 1.82) is 0 Å². The van der Waals surface area contributed by atoms with Gasteiger partial charge in [-0.1, -0.05) is 6.07 Å². The number of carboxylic acid groups (broad SMARTS) is 1. The predicted octanol–water partition coefficient (Wildman–Crippen LogP) is 1.40. The van der Waals surface area contributed by atoms with Crippen LogP contribution >= 0.6 is 0 Å². The third-order valence-electron chi connectivity index (χ3n) is 4.67. The molecule has 1 aliphatic rings. The highest BCUT2D eigenvalue weighted by atomic mass is 16.5. The number of hydrogen-bond donors (Lipinski definition) is 1. The summed E-state index contributed by atoms with van der Waals surface area (Å²) in [6.07, 6.45) is 0. The lowest BCUT2D eigenvalue weighted by Crippen LogP contribution is -2.50. The molecule has 9 heteroatoms. The van der Waals surface area contributed by atoms with Gasteiger partial charge in [0, 0.05) is 31.7 Å². The Morgan fingerprint density at radius 2 is 1.45 bits per heavy atom. The van der Waals surface area contributed by atoms with Crippen molar-refractivity contribution in [2.45, 2.75) is 0 Å². The largest absolute Gasteiger partial charge is 0.493 e. The van der Waals surface area contributed by atoms with Crippen LogP contribution in [0.1, 0.15) is 31.3 Å². The van der Waals surface area contributed by atoms with E-state index in [0.29, 0.717) is 43.2 Å². The summed E-state index contributed by atoms with van der Waals surface area (Å²) < 4.78 is 10.4. The molecule has 9 nitrogen and oxygen atoms in total. The molecule has 152 valence electrons. The van der Waals surface area contributed by atoms with Crippen LogP contribution in [0.4, 0.5) is 0 Å². The molecule has 2 aromatic rings. The maximum Gasteiger partial charge on any atom is 0.354 e. The van der Waals surface area contributed by atoms with E-state index >= 15 is 0 Å². The highest BCUT2D eigenvalue weighted by molar-refractivity contribution is 5.96. The van der Waals surface area contributed by atoms with E-state index in [-0.39, 0.29) is 23.2 Å². The van der Waals surface area contributed by atoms with E-state index in [9.17, 15) is 14.4 Å². The average Bonchev–Trinajstić information content (AvgIpc) is 2.77. The summed E-state index contributed by atoms with van der Waals surface area (Å²) in [5.41, 5.74) is 0.362. The lowest BCUT2D eigenvalue weighted by atomic mass is 10.1. The van der Waals surface area contributed by atoms with Crippen molar-refractivity contribution in [2.24, 2.45) is 0 Å². The molecule has 0 saturated carbocycles. The molecule has 1 N–H and O–H groups in total. The Bertz CT molecular complexity index is 938. The van der Waals surface area contributed by atoms with E-state index in [4.69, 9.17) is 14.6 Å². The van der Waals surface area contributed by atoms with Crippen LogP contribution in [0.5, 0.6) is 11.5 Å². The van der Waals surface area contributed by atoms with Crippen molar-refractivity contribution < 1.29 is 29.0 Å². The van der Waals surface area contributed by atoms with Crippen LogP contribution in [-0.2, 0) is 0 Å². The maximum atomic E-state index is 12.8. The van der Waals surface area contributed by atoms with E-state index in [2.05, 4.69) is 4.98 Å². The fraction of sp³-hybridized carbons (Fsp3) is 0.300. The summed E-state index contributed by atoms with van der Waals surface area (Å²) in [6, 6.07) is 9.27. The molecule has 0 atom stereocenters. The minimum atomic E-state index is -1.19. The zero-order valence-corrected chi connectivity index (χ0v) is 16.1. The van der Waals surface area contributed by atoms with Crippen molar-refractivity contribution in [3.05, 3.63) is 53.3 Å². The lowest BCUT2D eigenvalue weighted by molar-refractivity contribution is 0.0531. The van der Waals surface area contributed by atoms with Crippen LogP contribution in [0.25, 0.3) is 0 Å². The van der Waals surface area contributed by atoms with Gasteiger partial charge in [-0.2, -0.15) is 0 Å². The molecule has 2 amide bonds. The smallest absolute Gasteiger partial charge is 0.354 e. The van der Waals surface area contributed by atoms with Crippen LogP contribution in [-0.4, -0.2) is 78.1 Å². The second-order valence-corrected chi connectivity index (χ2v) is 6.37. The summed E-state index contributed by atoms with van der Waals surface area (Å²) in [5.74, 6) is -0.701. The number of carbonyl (C=O) groups is 3. The number of carbonyl (C=O) groups excluding carboxylic acids is 2. The zero-order valence-electron chi connectivity index (χ0n) is 16.1. The maximum absolute atomic E-state index is 12.8. The van der Waals surface area contributed by atoms with Gasteiger partial charge < -0.3 is 24.4 Å². The predicted molar refractivity (Wildman–Crippen MR) is 103 cm³/mol. The first-order valence-electron chi connectivity index (χ1n) is 8.95. The molecule has 1 aromatic carbocycles. The molecule has 29 heavy (non-hydrogen) atoms. The van der Waals surface area contributed by atoms with Gasteiger partial charge in [0.2, 0.25) is 0 Å². The average molecular weight is 399 g/mol. The van der Waals surface area contributed by atoms with Crippen molar-refractivity contribution >= 4 is 17.8 Å². The van der Waals surface area contributed by atoms with Crippen LogP contribution in [0.2, 0.25) is 0 Å². The number of methoxy groups -OCH3 is 2. The molecule has 1 fully saturated rings. The number of pyridine rings is 1. The van der Waals surface area contributed by atoms with Crippen molar-refractivity contribution in [2.75, 3.05) is 40.4 Å².